The van der Waals surface area contributed by atoms with Gasteiger partial charge in [0.1, 0.15) is 0 Å². The summed E-state index contributed by atoms with van der Waals surface area (Å²) in [6.45, 7) is 2.03. The molecular weight excluding hydrogens is 332 g/mol. The Balaban J connectivity index is 2.85. The highest BCUT2D eigenvalue weighted by molar-refractivity contribution is 9.10. The molecule has 5 heteroatoms. The number of benzene rings is 1. The summed E-state index contributed by atoms with van der Waals surface area (Å²) in [4.78, 5) is 12.4. The third-order valence-corrected chi connectivity index (χ3v) is 5.89. The van der Waals surface area contributed by atoms with Gasteiger partial charge in [-0.1, -0.05) is 29.3 Å². The summed E-state index contributed by atoms with van der Waals surface area (Å²) in [7, 11) is -1.11. The first-order valence-electron chi connectivity index (χ1n) is 5.63. The molecule has 0 aliphatic carbocycles. The molecule has 0 saturated heterocycles. The number of halogens is 1. The fraction of sp³-hybridized carbons (Fsp3) is 0.308. The second kappa shape index (κ2) is 5.63. The normalized spacial score (nSPS) is 12.8. The zero-order chi connectivity index (χ0) is 13.3. The molecule has 2 nitrogen and oxygen atoms in total. The van der Waals surface area contributed by atoms with E-state index in [1.54, 1.807) is 6.26 Å². The molecule has 1 aromatic heterocycles. The molecule has 2 rings (SSSR count). The Morgan fingerprint density at radius 3 is 2.72 bits per heavy atom. The smallest absolute Gasteiger partial charge is 0.192 e. The standard InChI is InChI=1S/C13H13BrO2S2/c1-3-4-9-12(15)10-7-8(14)5-6-11(10)17-13(9)18(2)16/h5-7H,3-4H2,1-2H3. The topological polar surface area (TPSA) is 34.1 Å². The van der Waals surface area contributed by atoms with Crippen LogP contribution in [-0.4, -0.2) is 10.5 Å². The van der Waals surface area contributed by atoms with Crippen molar-refractivity contribution in [1.29, 1.82) is 0 Å². The fourth-order valence-electron chi connectivity index (χ4n) is 1.88. The van der Waals surface area contributed by atoms with Gasteiger partial charge in [-0.15, -0.1) is 11.3 Å². The van der Waals surface area contributed by atoms with Crippen LogP contribution in [0.15, 0.2) is 31.7 Å². The predicted molar refractivity (Wildman–Crippen MR) is 82.1 cm³/mol. The van der Waals surface area contributed by atoms with Gasteiger partial charge in [0.25, 0.3) is 0 Å². The first-order chi connectivity index (χ1) is 8.54. The van der Waals surface area contributed by atoms with E-state index in [4.69, 9.17) is 0 Å². The number of hydrogen-bond donors (Lipinski definition) is 0. The van der Waals surface area contributed by atoms with Crippen LogP contribution in [0.25, 0.3) is 10.1 Å². The maximum atomic E-state index is 12.4. The Labute approximate surface area is 121 Å². The van der Waals surface area contributed by atoms with E-state index >= 15 is 0 Å². The molecule has 2 aromatic rings. The third kappa shape index (κ3) is 2.58. The summed E-state index contributed by atoms with van der Waals surface area (Å²) < 4.78 is 14.3. The molecule has 0 saturated carbocycles. The van der Waals surface area contributed by atoms with E-state index in [0.717, 1.165) is 19.8 Å². The van der Waals surface area contributed by atoms with Gasteiger partial charge < -0.3 is 0 Å². The largest absolute Gasteiger partial charge is 0.289 e. The van der Waals surface area contributed by atoms with Crippen molar-refractivity contribution >= 4 is 48.2 Å². The Kier molecular flexibility index (Phi) is 4.35. The summed E-state index contributed by atoms with van der Waals surface area (Å²) in [6.07, 6.45) is 3.20. The highest BCUT2D eigenvalue weighted by Crippen LogP contribution is 2.27. The quantitative estimate of drug-likeness (QED) is 0.850. The Morgan fingerprint density at radius 2 is 2.11 bits per heavy atom. The molecule has 1 atom stereocenters. The minimum atomic E-state index is -1.11. The minimum absolute atomic E-state index is 0.0251. The first kappa shape index (κ1) is 13.9. The summed E-state index contributed by atoms with van der Waals surface area (Å²) in [5.74, 6) is 0. The highest BCUT2D eigenvalue weighted by Gasteiger charge is 2.14. The minimum Gasteiger partial charge on any atom is -0.289 e. The van der Waals surface area contributed by atoms with Crippen LogP contribution in [0.2, 0.25) is 0 Å². The van der Waals surface area contributed by atoms with E-state index in [9.17, 15) is 9.00 Å². The van der Waals surface area contributed by atoms with Crippen LogP contribution in [0.3, 0.4) is 0 Å². The van der Waals surface area contributed by atoms with E-state index < -0.39 is 10.8 Å². The van der Waals surface area contributed by atoms with Crippen molar-refractivity contribution in [1.82, 2.24) is 0 Å². The number of rotatable bonds is 3. The molecule has 0 radical (unpaired) electrons. The van der Waals surface area contributed by atoms with Gasteiger partial charge in [-0.05, 0) is 24.6 Å². The Morgan fingerprint density at radius 1 is 1.39 bits per heavy atom. The zero-order valence-corrected chi connectivity index (χ0v) is 13.4. The van der Waals surface area contributed by atoms with Crippen molar-refractivity contribution < 1.29 is 4.21 Å². The van der Waals surface area contributed by atoms with Crippen molar-refractivity contribution in [3.05, 3.63) is 38.5 Å². The van der Waals surface area contributed by atoms with E-state index in [1.165, 1.54) is 11.3 Å². The maximum absolute atomic E-state index is 12.4. The molecule has 0 fully saturated rings. The van der Waals surface area contributed by atoms with Crippen LogP contribution in [0, 0.1) is 0 Å². The molecular formula is C13H13BrO2S2. The molecule has 0 aliphatic heterocycles. The van der Waals surface area contributed by atoms with Crippen molar-refractivity contribution in [2.45, 2.75) is 24.0 Å². The Bertz CT molecular complexity index is 676. The maximum Gasteiger partial charge on any atom is 0.192 e. The molecule has 0 N–H and O–H groups in total. The molecule has 0 amide bonds. The molecule has 1 unspecified atom stereocenters. The van der Waals surface area contributed by atoms with Gasteiger partial charge in [0.05, 0.1) is 15.0 Å². The zero-order valence-electron chi connectivity index (χ0n) is 10.2. The van der Waals surface area contributed by atoms with Crippen molar-refractivity contribution in [3.8, 4) is 0 Å². The summed E-state index contributed by atoms with van der Waals surface area (Å²) >= 11 is 4.85. The van der Waals surface area contributed by atoms with Crippen LogP contribution in [-0.2, 0) is 17.2 Å². The number of hydrogen-bond acceptors (Lipinski definition) is 3. The fourth-order valence-corrected chi connectivity index (χ4v) is 4.44. The SMILES string of the molecule is CCCc1c(S(C)=O)sc2ccc(Br)cc2c1=O. The Hall–Kier alpha value is -0.520. The second-order valence-corrected chi connectivity index (χ2v) is 7.58. The van der Waals surface area contributed by atoms with E-state index in [1.807, 2.05) is 25.1 Å². The van der Waals surface area contributed by atoms with E-state index in [0.29, 0.717) is 17.4 Å². The van der Waals surface area contributed by atoms with E-state index in [-0.39, 0.29) is 5.43 Å². The molecule has 0 aliphatic rings. The lowest BCUT2D eigenvalue weighted by Gasteiger charge is -2.07. The average Bonchev–Trinajstić information content (AvgIpc) is 2.33. The van der Waals surface area contributed by atoms with Crippen molar-refractivity contribution in [2.24, 2.45) is 0 Å². The van der Waals surface area contributed by atoms with Gasteiger partial charge in [0.15, 0.2) is 5.43 Å². The molecule has 1 aromatic carbocycles. The lowest BCUT2D eigenvalue weighted by molar-refractivity contribution is 0.687. The van der Waals surface area contributed by atoms with E-state index in [2.05, 4.69) is 15.9 Å². The second-order valence-electron chi connectivity index (χ2n) is 4.04. The van der Waals surface area contributed by atoms with Gasteiger partial charge in [0.2, 0.25) is 0 Å². The summed E-state index contributed by atoms with van der Waals surface area (Å²) in [5, 5.41) is 0.715. The van der Waals surface area contributed by atoms with Gasteiger partial charge in [-0.2, -0.15) is 0 Å². The van der Waals surface area contributed by atoms with Crippen LogP contribution < -0.4 is 5.43 Å². The molecule has 0 spiro atoms. The average molecular weight is 345 g/mol. The lowest BCUT2D eigenvalue weighted by atomic mass is 10.1. The molecule has 1 heterocycles. The monoisotopic (exact) mass is 344 g/mol. The lowest BCUT2D eigenvalue weighted by Crippen LogP contribution is -2.12. The summed E-state index contributed by atoms with van der Waals surface area (Å²) in [5.41, 5.74) is 0.742. The number of fused-ring (bicyclic) bond motifs is 1. The molecule has 96 valence electrons. The van der Waals surface area contributed by atoms with Gasteiger partial charge >= 0.3 is 0 Å². The van der Waals surface area contributed by atoms with Crippen LogP contribution in [0.4, 0.5) is 0 Å². The third-order valence-electron chi connectivity index (χ3n) is 2.67. The summed E-state index contributed by atoms with van der Waals surface area (Å²) in [6, 6.07) is 5.65. The predicted octanol–water partition coefficient (Wildman–Crippen LogP) is 3.71. The van der Waals surface area contributed by atoms with Crippen LogP contribution in [0.5, 0.6) is 0 Å². The van der Waals surface area contributed by atoms with Crippen molar-refractivity contribution in [2.75, 3.05) is 6.26 Å². The molecule has 0 bridgehead atoms. The van der Waals surface area contributed by atoms with Gasteiger partial charge in [-0.3, -0.25) is 9.00 Å². The molecule has 18 heavy (non-hydrogen) atoms. The first-order valence-corrected chi connectivity index (χ1v) is 8.80. The van der Waals surface area contributed by atoms with Crippen LogP contribution in [0.1, 0.15) is 18.9 Å². The van der Waals surface area contributed by atoms with Gasteiger partial charge in [0, 0.05) is 26.4 Å². The van der Waals surface area contributed by atoms with Crippen LogP contribution >= 0.6 is 27.3 Å². The van der Waals surface area contributed by atoms with Gasteiger partial charge in [-0.25, -0.2) is 0 Å². The highest BCUT2D eigenvalue weighted by atomic mass is 79.9. The van der Waals surface area contributed by atoms with Crippen molar-refractivity contribution in [3.63, 3.8) is 0 Å².